The average Bonchev–Trinajstić information content (AvgIpc) is 3.28. The van der Waals surface area contributed by atoms with Crippen LogP contribution in [0.15, 0.2) is 39.8 Å². The molecule has 7 heteroatoms. The second-order valence-electron chi connectivity index (χ2n) is 4.59. The summed E-state index contributed by atoms with van der Waals surface area (Å²) in [5.74, 6) is -0.345. The topological polar surface area (TPSA) is 62.9 Å². The van der Waals surface area contributed by atoms with Crippen LogP contribution in [0.2, 0.25) is 0 Å². The zero-order valence-corrected chi connectivity index (χ0v) is 14.4. The van der Waals surface area contributed by atoms with Gasteiger partial charge in [0.05, 0.1) is 9.41 Å². The largest absolute Gasteiger partial charge is 0.301 e. The van der Waals surface area contributed by atoms with Crippen LogP contribution in [-0.2, 0) is 7.05 Å². The third-order valence-electron chi connectivity index (χ3n) is 3.14. The summed E-state index contributed by atoms with van der Waals surface area (Å²) in [5, 5.41) is 13.1. The average molecular weight is 358 g/mol. The first-order valence-electron chi connectivity index (χ1n) is 6.55. The van der Waals surface area contributed by atoms with Crippen LogP contribution in [0.25, 0.3) is 11.6 Å². The number of nitrogens with zero attached hydrogens (tertiary/aromatic N) is 2. The quantitative estimate of drug-likeness (QED) is 0.673. The lowest BCUT2D eigenvalue weighted by Gasteiger charge is -1.95. The van der Waals surface area contributed by atoms with E-state index < -0.39 is 0 Å². The van der Waals surface area contributed by atoms with E-state index in [1.807, 2.05) is 23.6 Å². The van der Waals surface area contributed by atoms with Gasteiger partial charge in [0.1, 0.15) is 16.3 Å². The molecule has 0 bridgehead atoms. The van der Waals surface area contributed by atoms with Crippen molar-refractivity contribution in [1.29, 1.82) is 5.26 Å². The molecule has 0 saturated carbocycles. The van der Waals surface area contributed by atoms with Gasteiger partial charge in [0.15, 0.2) is 0 Å². The second kappa shape index (κ2) is 6.46. The summed E-state index contributed by atoms with van der Waals surface area (Å²) in [6, 6.07) is 9.21. The lowest BCUT2D eigenvalue weighted by atomic mass is 10.2. The molecule has 4 nitrogen and oxygen atoms in total. The first-order valence-corrected chi connectivity index (χ1v) is 9.13. The minimum absolute atomic E-state index is 0.00267. The summed E-state index contributed by atoms with van der Waals surface area (Å²) in [6.45, 7) is 0. The number of ketones is 1. The third-order valence-corrected chi connectivity index (χ3v) is 6.01. The van der Waals surface area contributed by atoms with Crippen LogP contribution in [0.5, 0.6) is 0 Å². The van der Waals surface area contributed by atoms with Gasteiger partial charge in [-0.25, -0.2) is 0 Å². The van der Waals surface area contributed by atoms with E-state index in [1.54, 1.807) is 30.6 Å². The molecular weight excluding hydrogens is 348 g/mol. The van der Waals surface area contributed by atoms with Gasteiger partial charge in [-0.1, -0.05) is 12.1 Å². The number of thiazole rings is 1. The standard InChI is InChI=1S/C16H10N2O2S3/c1-18-15(20)13(8-10-4-2-6-21-10)23-16(18)11(9-17)14(19)12-5-3-7-22-12/h2-8H,1H3/b13-8+,16-11-. The van der Waals surface area contributed by atoms with Crippen molar-refractivity contribution in [1.82, 2.24) is 4.57 Å². The van der Waals surface area contributed by atoms with Crippen molar-refractivity contribution in [2.45, 2.75) is 0 Å². The smallest absolute Gasteiger partial charge is 0.268 e. The minimum atomic E-state index is -0.345. The molecule has 0 N–H and O–H groups in total. The summed E-state index contributed by atoms with van der Waals surface area (Å²) in [5.41, 5.74) is -0.201. The number of rotatable bonds is 3. The van der Waals surface area contributed by atoms with E-state index in [0.29, 0.717) is 14.1 Å². The van der Waals surface area contributed by atoms with Crippen LogP contribution < -0.4 is 14.8 Å². The fourth-order valence-electron chi connectivity index (χ4n) is 2.01. The van der Waals surface area contributed by atoms with E-state index in [1.165, 1.54) is 38.6 Å². The molecule has 23 heavy (non-hydrogen) atoms. The molecular formula is C16H10N2O2S3. The molecule has 0 amide bonds. The van der Waals surface area contributed by atoms with Gasteiger partial charge in [-0.05, 0) is 29.0 Å². The number of nitriles is 1. The highest BCUT2D eigenvalue weighted by atomic mass is 32.1. The highest BCUT2D eigenvalue weighted by Crippen LogP contribution is 2.14. The maximum Gasteiger partial charge on any atom is 0.268 e. The molecule has 0 aromatic carbocycles. The molecule has 0 aliphatic heterocycles. The molecule has 0 aliphatic rings. The van der Waals surface area contributed by atoms with Gasteiger partial charge in [-0.15, -0.1) is 34.0 Å². The Morgan fingerprint density at radius 1 is 1.26 bits per heavy atom. The number of carbonyl (C=O) groups excluding carboxylic acids is 1. The molecule has 0 radical (unpaired) electrons. The Hall–Kier alpha value is -2.27. The molecule has 0 saturated heterocycles. The molecule has 3 aromatic heterocycles. The molecule has 0 aliphatic carbocycles. The van der Waals surface area contributed by atoms with Gasteiger partial charge in [0, 0.05) is 11.9 Å². The van der Waals surface area contributed by atoms with Crippen molar-refractivity contribution in [3.05, 3.63) is 64.3 Å². The number of aromatic nitrogens is 1. The van der Waals surface area contributed by atoms with Crippen molar-refractivity contribution in [3.8, 4) is 6.07 Å². The van der Waals surface area contributed by atoms with Crippen LogP contribution in [-0.4, -0.2) is 10.4 Å². The molecule has 3 heterocycles. The van der Waals surface area contributed by atoms with Gasteiger partial charge in [0.25, 0.3) is 5.56 Å². The molecule has 3 rings (SSSR count). The third kappa shape index (κ3) is 2.97. The molecule has 0 fully saturated rings. The van der Waals surface area contributed by atoms with Gasteiger partial charge >= 0.3 is 0 Å². The van der Waals surface area contributed by atoms with Gasteiger partial charge in [-0.2, -0.15) is 5.26 Å². The maximum atomic E-state index is 12.5. The number of Topliss-reactive ketones (excluding diaryl/α,β-unsaturated/α-hetero) is 1. The molecule has 0 unspecified atom stereocenters. The lowest BCUT2D eigenvalue weighted by Crippen LogP contribution is -2.30. The molecule has 114 valence electrons. The number of hydrogen-bond acceptors (Lipinski definition) is 6. The number of carbonyl (C=O) groups is 1. The van der Waals surface area contributed by atoms with Crippen LogP contribution in [0.1, 0.15) is 14.5 Å². The number of thiophene rings is 2. The van der Waals surface area contributed by atoms with E-state index in [2.05, 4.69) is 0 Å². The number of hydrogen-bond donors (Lipinski definition) is 0. The highest BCUT2D eigenvalue weighted by Gasteiger charge is 2.17. The predicted octanol–water partition coefficient (Wildman–Crippen LogP) is 1.96. The second-order valence-corrected chi connectivity index (χ2v) is 7.55. The van der Waals surface area contributed by atoms with Crippen LogP contribution in [0.3, 0.4) is 0 Å². The predicted molar refractivity (Wildman–Crippen MR) is 94.4 cm³/mol. The zero-order valence-electron chi connectivity index (χ0n) is 12.0. The monoisotopic (exact) mass is 358 g/mol. The summed E-state index contributed by atoms with van der Waals surface area (Å²) in [4.78, 5) is 26.3. The Kier molecular flexibility index (Phi) is 4.39. The maximum absolute atomic E-state index is 12.5. The van der Waals surface area contributed by atoms with Gasteiger partial charge < -0.3 is 4.57 Å². The Bertz CT molecular complexity index is 1060. The van der Waals surface area contributed by atoms with Crippen molar-refractivity contribution in [2.24, 2.45) is 7.05 Å². The molecule has 3 aromatic rings. The highest BCUT2D eigenvalue weighted by molar-refractivity contribution is 7.13. The fraction of sp³-hybridized carbons (Fsp3) is 0.0625. The van der Waals surface area contributed by atoms with Crippen molar-refractivity contribution in [3.63, 3.8) is 0 Å². The SMILES string of the molecule is Cn1c(=O)/c(=C\c2cccs2)s/c1=C(/C#N)C(=O)c1cccs1. The summed E-state index contributed by atoms with van der Waals surface area (Å²) >= 11 is 3.97. The van der Waals surface area contributed by atoms with Crippen molar-refractivity contribution in [2.75, 3.05) is 0 Å². The first kappa shape index (κ1) is 15.6. The van der Waals surface area contributed by atoms with Crippen LogP contribution >= 0.6 is 34.0 Å². The van der Waals surface area contributed by atoms with E-state index in [9.17, 15) is 14.9 Å². The van der Waals surface area contributed by atoms with Gasteiger partial charge in [-0.3, -0.25) is 9.59 Å². The van der Waals surface area contributed by atoms with E-state index in [-0.39, 0.29) is 16.9 Å². The van der Waals surface area contributed by atoms with E-state index in [4.69, 9.17) is 0 Å². The minimum Gasteiger partial charge on any atom is -0.301 e. The Balaban J connectivity index is 2.25. The van der Waals surface area contributed by atoms with E-state index >= 15 is 0 Å². The molecule has 0 atom stereocenters. The molecule has 0 spiro atoms. The lowest BCUT2D eigenvalue weighted by molar-refractivity contribution is 0.106. The Morgan fingerprint density at radius 3 is 2.61 bits per heavy atom. The summed E-state index contributed by atoms with van der Waals surface area (Å²) < 4.78 is 2.27. The first-order chi connectivity index (χ1) is 11.1. The fourth-order valence-corrected chi connectivity index (χ4v) is 4.49. The van der Waals surface area contributed by atoms with Gasteiger partial charge in [0.2, 0.25) is 5.78 Å². The van der Waals surface area contributed by atoms with Crippen LogP contribution in [0.4, 0.5) is 0 Å². The summed E-state index contributed by atoms with van der Waals surface area (Å²) in [6.07, 6.45) is 1.78. The van der Waals surface area contributed by atoms with Crippen molar-refractivity contribution >= 4 is 51.4 Å². The van der Waals surface area contributed by atoms with Crippen molar-refractivity contribution < 1.29 is 4.79 Å². The Labute approximate surface area is 143 Å². The van der Waals surface area contributed by atoms with E-state index in [0.717, 1.165) is 4.88 Å². The summed E-state index contributed by atoms with van der Waals surface area (Å²) in [7, 11) is 1.58. The normalized spacial score (nSPS) is 13.0. The Morgan fingerprint density at radius 2 is 2.00 bits per heavy atom. The van der Waals surface area contributed by atoms with Crippen LogP contribution in [0, 0.1) is 11.3 Å². The zero-order chi connectivity index (χ0) is 16.4.